The van der Waals surface area contributed by atoms with Crippen LogP contribution >= 0.6 is 44.7 Å². The zero-order valence-electron chi connectivity index (χ0n) is 14.4. The fourth-order valence-electron chi connectivity index (χ4n) is 2.53. The lowest BCUT2D eigenvalue weighted by Gasteiger charge is -2.06. The Morgan fingerprint density at radius 1 is 0.926 bits per heavy atom. The molecule has 0 aliphatic rings. The van der Waals surface area contributed by atoms with Crippen molar-refractivity contribution in [2.75, 3.05) is 0 Å². The van der Waals surface area contributed by atoms with Crippen molar-refractivity contribution >= 4 is 44.7 Å². The maximum Gasteiger partial charge on any atom is 0.148 e. The summed E-state index contributed by atoms with van der Waals surface area (Å²) < 4.78 is 5.99. The number of hydrogen-bond donors (Lipinski definition) is 0. The van der Waals surface area contributed by atoms with E-state index in [1.807, 2.05) is 42.4 Å². The molecule has 0 aliphatic carbocycles. The first kappa shape index (κ1) is 18.7. The number of hydrogen-bond acceptors (Lipinski definition) is 6. The number of nitrogens with zero attached hydrogens (tertiary/aromatic N) is 1. The van der Waals surface area contributed by atoms with E-state index in [4.69, 9.17) is 4.42 Å². The number of aromatic nitrogens is 1. The molecule has 4 rings (SSSR count). The van der Waals surface area contributed by atoms with Crippen LogP contribution < -0.4 is 0 Å². The van der Waals surface area contributed by atoms with E-state index in [9.17, 15) is 0 Å². The van der Waals surface area contributed by atoms with E-state index in [-0.39, 0.29) is 0 Å². The molecule has 0 N–H and O–H groups in total. The molecular formula is C21H17NOS4. The molecule has 0 bridgehead atoms. The summed E-state index contributed by atoms with van der Waals surface area (Å²) in [5, 5.41) is 3.13. The van der Waals surface area contributed by atoms with Crippen LogP contribution in [0.25, 0.3) is 10.6 Å². The monoisotopic (exact) mass is 427 g/mol. The van der Waals surface area contributed by atoms with E-state index in [1.165, 1.54) is 20.9 Å². The second kappa shape index (κ2) is 9.55. The second-order valence-corrected chi connectivity index (χ2v) is 9.97. The quantitative estimate of drug-likeness (QED) is 0.213. The summed E-state index contributed by atoms with van der Waals surface area (Å²) >= 11 is 3.57. The lowest BCUT2D eigenvalue weighted by molar-refractivity contribution is 0.580. The number of thiophene rings is 1. The zero-order chi connectivity index (χ0) is 18.3. The Bertz CT molecular complexity index is 953. The van der Waals surface area contributed by atoms with Gasteiger partial charge in [-0.1, -0.05) is 41.1 Å². The third kappa shape index (κ3) is 5.02. The fraction of sp³-hybridized carbons (Fsp3) is 0.0952. The molecule has 0 radical (unpaired) electrons. The van der Waals surface area contributed by atoms with E-state index in [0.717, 1.165) is 22.3 Å². The summed E-state index contributed by atoms with van der Waals surface area (Å²) in [4.78, 5) is 6.83. The molecular weight excluding hydrogens is 411 g/mol. The maximum atomic E-state index is 5.99. The summed E-state index contributed by atoms with van der Waals surface area (Å²) in [7, 11) is 3.50. The summed E-state index contributed by atoms with van der Waals surface area (Å²) in [6, 6.07) is 20.7. The Morgan fingerprint density at radius 2 is 1.81 bits per heavy atom. The lowest BCUT2D eigenvalue weighted by atomic mass is 10.2. The molecule has 6 heteroatoms. The molecule has 0 saturated heterocycles. The van der Waals surface area contributed by atoms with Crippen molar-refractivity contribution in [2.24, 2.45) is 0 Å². The van der Waals surface area contributed by atoms with Crippen molar-refractivity contribution < 1.29 is 4.42 Å². The predicted molar refractivity (Wildman–Crippen MR) is 119 cm³/mol. The molecule has 0 atom stereocenters. The van der Waals surface area contributed by atoms with Crippen molar-refractivity contribution in [3.05, 3.63) is 89.6 Å². The van der Waals surface area contributed by atoms with Crippen LogP contribution in [0.4, 0.5) is 0 Å². The van der Waals surface area contributed by atoms with E-state index < -0.39 is 0 Å². The normalized spacial score (nSPS) is 11.0. The molecule has 2 nitrogen and oxygen atoms in total. The molecule has 0 spiro atoms. The van der Waals surface area contributed by atoms with Crippen molar-refractivity contribution in [3.63, 3.8) is 0 Å². The van der Waals surface area contributed by atoms with Gasteiger partial charge in [0.2, 0.25) is 0 Å². The number of benzene rings is 1. The van der Waals surface area contributed by atoms with Gasteiger partial charge >= 0.3 is 0 Å². The first-order valence-corrected chi connectivity index (χ1v) is 12.6. The molecule has 4 aromatic rings. The van der Waals surface area contributed by atoms with Crippen LogP contribution in [0.15, 0.2) is 92.8 Å². The van der Waals surface area contributed by atoms with Crippen molar-refractivity contribution in [1.82, 2.24) is 4.98 Å². The molecule has 0 saturated carbocycles. The molecule has 27 heavy (non-hydrogen) atoms. The van der Waals surface area contributed by atoms with E-state index in [2.05, 4.69) is 52.8 Å². The Hall–Kier alpha value is -1.60. The van der Waals surface area contributed by atoms with Crippen LogP contribution in [0.2, 0.25) is 0 Å². The molecule has 0 fully saturated rings. The molecule has 136 valence electrons. The van der Waals surface area contributed by atoms with Crippen molar-refractivity contribution in [1.29, 1.82) is 0 Å². The lowest BCUT2D eigenvalue weighted by Crippen LogP contribution is -1.88. The zero-order valence-corrected chi connectivity index (χ0v) is 17.7. The highest BCUT2D eigenvalue weighted by atomic mass is 33.1. The summed E-state index contributed by atoms with van der Waals surface area (Å²) in [6.07, 6.45) is 3.75. The average Bonchev–Trinajstić information content (AvgIpc) is 3.38. The van der Waals surface area contributed by atoms with Crippen LogP contribution in [-0.4, -0.2) is 4.98 Å². The minimum atomic E-state index is 0.890. The summed E-state index contributed by atoms with van der Waals surface area (Å²) in [5.41, 5.74) is 2.55. The van der Waals surface area contributed by atoms with Crippen LogP contribution in [-0.2, 0) is 11.5 Å². The van der Waals surface area contributed by atoms with Gasteiger partial charge in [-0.25, -0.2) is 4.98 Å². The number of pyridine rings is 1. The standard InChI is InChI=1S/C21H17NOS4/c1-2-7-17(8-3-1)25-15-18-16(13-23-21(18)19-9-6-12-24-19)14-26-27-20-10-4-5-11-22-20/h1-13H,14-15H2. The molecule has 3 heterocycles. The number of rotatable bonds is 8. The minimum Gasteiger partial charge on any atom is -0.463 e. The van der Waals surface area contributed by atoms with Gasteiger partial charge in [0, 0.05) is 33.7 Å². The number of furan rings is 1. The maximum absolute atomic E-state index is 5.99. The van der Waals surface area contributed by atoms with E-state index >= 15 is 0 Å². The third-order valence-corrected chi connectivity index (χ3v) is 7.93. The molecule has 1 aromatic carbocycles. The van der Waals surface area contributed by atoms with E-state index in [1.54, 1.807) is 32.9 Å². The minimum absolute atomic E-state index is 0.890. The average molecular weight is 428 g/mol. The fourth-order valence-corrected chi connectivity index (χ4v) is 6.25. The van der Waals surface area contributed by atoms with Crippen LogP contribution in [0.5, 0.6) is 0 Å². The van der Waals surface area contributed by atoms with Gasteiger partial charge in [0.1, 0.15) is 10.8 Å². The first-order valence-electron chi connectivity index (χ1n) is 8.41. The van der Waals surface area contributed by atoms with Gasteiger partial charge < -0.3 is 4.42 Å². The van der Waals surface area contributed by atoms with Crippen molar-refractivity contribution in [3.8, 4) is 10.6 Å². The number of thioether (sulfide) groups is 1. The third-order valence-electron chi connectivity index (χ3n) is 3.85. The topological polar surface area (TPSA) is 26.0 Å². The van der Waals surface area contributed by atoms with Gasteiger partial charge in [-0.15, -0.1) is 23.1 Å². The molecule has 0 amide bonds. The molecule has 3 aromatic heterocycles. The van der Waals surface area contributed by atoms with Gasteiger partial charge in [0.25, 0.3) is 0 Å². The Labute approximate surface area is 175 Å². The van der Waals surface area contributed by atoms with Gasteiger partial charge in [-0.3, -0.25) is 0 Å². The predicted octanol–water partition coefficient (Wildman–Crippen LogP) is 7.64. The van der Waals surface area contributed by atoms with E-state index in [0.29, 0.717) is 0 Å². The highest BCUT2D eigenvalue weighted by molar-refractivity contribution is 8.76. The van der Waals surface area contributed by atoms with Crippen LogP contribution in [0.1, 0.15) is 11.1 Å². The SMILES string of the molecule is c1ccc(SCc2c(CSSc3ccccn3)coc2-c2cccs2)cc1. The van der Waals surface area contributed by atoms with Crippen LogP contribution in [0, 0.1) is 0 Å². The van der Waals surface area contributed by atoms with Crippen LogP contribution in [0.3, 0.4) is 0 Å². The van der Waals surface area contributed by atoms with Crippen molar-refractivity contribution in [2.45, 2.75) is 21.4 Å². The largest absolute Gasteiger partial charge is 0.463 e. The first-order chi connectivity index (χ1) is 13.4. The van der Waals surface area contributed by atoms with Gasteiger partial charge in [-0.05, 0) is 46.5 Å². The summed E-state index contributed by atoms with van der Waals surface area (Å²) in [6.45, 7) is 0. The second-order valence-electron chi connectivity index (χ2n) is 5.66. The van der Waals surface area contributed by atoms with Gasteiger partial charge in [0.15, 0.2) is 0 Å². The highest BCUT2D eigenvalue weighted by Crippen LogP contribution is 2.39. The van der Waals surface area contributed by atoms with Gasteiger partial charge in [0.05, 0.1) is 11.1 Å². The highest BCUT2D eigenvalue weighted by Gasteiger charge is 2.17. The Balaban J connectivity index is 1.50. The molecule has 0 aliphatic heterocycles. The Morgan fingerprint density at radius 3 is 2.59 bits per heavy atom. The molecule has 0 unspecified atom stereocenters. The smallest absolute Gasteiger partial charge is 0.148 e. The Kier molecular flexibility index (Phi) is 6.63. The van der Waals surface area contributed by atoms with Gasteiger partial charge in [-0.2, -0.15) is 0 Å². The summed E-state index contributed by atoms with van der Waals surface area (Å²) in [5.74, 6) is 2.80.